The van der Waals surface area contributed by atoms with Gasteiger partial charge in [0.25, 0.3) is 0 Å². The standard InChI is InChI=1S/C48H69NO4.C47H67NO5/c1-5-7-8-9-10-11-12-13-14-15-16-17-18-19-29-37-44(50)46(51)40(30-6-2)38-53-47(52)45(39(3)4)49-48(41-31-23-20-24-32-41,42-33-25-21-26-34-42)43-35-27-22-28-36-43;1-4-5-6-7-8-9-10-11-12-13-14-15-16-17-27-34-44(50)52-37-40(35-36-49)38-53-46(51)45(39(2)3)48-47(41-28-21-18-22-29-41,42-30-23-19-24-31-42)43-32-25-20-26-33-43/h6,20-28,31-36,39-40,45-46,49,51H,2,5,7-19,29-30,37-38H2,1,3-4H3;18-26,28-33,36,39-40,45,48H,4-17,27,34-35,37-38H2,1-3H3/t40?,45-,46?;40?,45-/m00/s1. The van der Waals surface area contributed by atoms with E-state index in [9.17, 15) is 29.1 Å². The molecule has 11 nitrogen and oxygen atoms in total. The van der Waals surface area contributed by atoms with E-state index in [1.807, 2.05) is 137 Å². The van der Waals surface area contributed by atoms with Crippen molar-refractivity contribution in [3.8, 4) is 0 Å². The summed E-state index contributed by atoms with van der Waals surface area (Å²) in [4.78, 5) is 65.1. The molecule has 6 aromatic carbocycles. The Hall–Kier alpha value is -7.31. The second-order valence-corrected chi connectivity index (χ2v) is 30.2. The van der Waals surface area contributed by atoms with Gasteiger partial charge >= 0.3 is 17.9 Å². The van der Waals surface area contributed by atoms with E-state index in [0.717, 1.165) is 78.2 Å². The number of aliphatic hydroxyl groups excluding tert-OH is 1. The van der Waals surface area contributed by atoms with E-state index in [2.05, 4.69) is 104 Å². The molecular weight excluding hydrogens is 1310 g/mol. The quantitative estimate of drug-likeness (QED) is 0.00834. The zero-order chi connectivity index (χ0) is 76.1. The van der Waals surface area contributed by atoms with Gasteiger partial charge < -0.3 is 24.1 Å². The topological polar surface area (TPSA) is 157 Å². The Morgan fingerprint density at radius 1 is 0.377 bits per heavy atom. The van der Waals surface area contributed by atoms with Gasteiger partial charge in [-0.05, 0) is 64.5 Å². The number of hydrogen-bond donors (Lipinski definition) is 3. The molecule has 0 bridgehead atoms. The minimum atomic E-state index is -1.20. The number of rotatable bonds is 58. The molecule has 580 valence electrons. The van der Waals surface area contributed by atoms with E-state index in [-0.39, 0.29) is 49.8 Å². The van der Waals surface area contributed by atoms with Gasteiger partial charge in [-0.1, -0.05) is 409 Å². The lowest BCUT2D eigenvalue weighted by molar-refractivity contribution is -0.153. The maximum absolute atomic E-state index is 14.0. The fourth-order valence-electron chi connectivity index (χ4n) is 14.5. The average molecular weight is 1450 g/mol. The van der Waals surface area contributed by atoms with Crippen LogP contribution >= 0.6 is 0 Å². The van der Waals surface area contributed by atoms with E-state index in [0.29, 0.717) is 19.3 Å². The van der Waals surface area contributed by atoms with Crippen LogP contribution in [0.5, 0.6) is 0 Å². The van der Waals surface area contributed by atoms with Crippen LogP contribution in [0.25, 0.3) is 0 Å². The Morgan fingerprint density at radius 2 is 0.642 bits per heavy atom. The van der Waals surface area contributed by atoms with Crippen LogP contribution in [0.15, 0.2) is 195 Å². The summed E-state index contributed by atoms with van der Waals surface area (Å²) >= 11 is 0. The van der Waals surface area contributed by atoms with Crippen LogP contribution in [0, 0.1) is 23.7 Å². The minimum absolute atomic E-state index is 0.0102. The van der Waals surface area contributed by atoms with Gasteiger partial charge in [-0.3, -0.25) is 29.8 Å². The highest BCUT2D eigenvalue weighted by atomic mass is 16.5. The molecule has 5 atom stereocenters. The molecule has 0 amide bonds. The monoisotopic (exact) mass is 1450 g/mol. The Balaban J connectivity index is 0.000000381. The number of benzene rings is 6. The fourth-order valence-corrected chi connectivity index (χ4v) is 14.5. The molecule has 0 radical (unpaired) electrons. The number of carbonyl (C=O) groups is 5. The molecule has 106 heavy (non-hydrogen) atoms. The average Bonchev–Trinajstić information content (AvgIpc) is 0.758. The van der Waals surface area contributed by atoms with Gasteiger partial charge in [-0.15, -0.1) is 6.58 Å². The summed E-state index contributed by atoms with van der Waals surface area (Å²) in [6.45, 7) is 16.4. The van der Waals surface area contributed by atoms with Gasteiger partial charge in [0, 0.05) is 31.1 Å². The molecular formula is C95H136N2O9. The number of unbranched alkanes of at least 4 members (excludes halogenated alkanes) is 28. The van der Waals surface area contributed by atoms with Crippen LogP contribution in [0.3, 0.4) is 0 Å². The number of ether oxygens (including phenoxy) is 3. The van der Waals surface area contributed by atoms with Crippen LogP contribution in [-0.4, -0.2) is 73.1 Å². The third-order valence-electron chi connectivity index (χ3n) is 20.9. The normalized spacial score (nSPS) is 13.0. The van der Waals surface area contributed by atoms with Crippen molar-refractivity contribution in [3.63, 3.8) is 0 Å². The minimum Gasteiger partial charge on any atom is -0.465 e. The first-order chi connectivity index (χ1) is 51.8. The Kier molecular flexibility index (Phi) is 45.8. The summed E-state index contributed by atoms with van der Waals surface area (Å²) in [5, 5.41) is 18.6. The van der Waals surface area contributed by atoms with Gasteiger partial charge in [0.2, 0.25) is 0 Å². The second kappa shape index (κ2) is 54.3. The first kappa shape index (κ1) is 89.3. The molecule has 0 aliphatic heterocycles. The summed E-state index contributed by atoms with van der Waals surface area (Å²) in [7, 11) is 0. The first-order valence-electron chi connectivity index (χ1n) is 41.4. The van der Waals surface area contributed by atoms with Crippen LogP contribution in [0.1, 0.15) is 293 Å². The maximum atomic E-state index is 14.0. The Morgan fingerprint density at radius 3 is 0.915 bits per heavy atom. The molecule has 0 spiro atoms. The van der Waals surface area contributed by atoms with E-state index < -0.39 is 53.0 Å². The van der Waals surface area contributed by atoms with Gasteiger partial charge in [-0.2, -0.15) is 0 Å². The van der Waals surface area contributed by atoms with Crippen LogP contribution in [0.4, 0.5) is 0 Å². The molecule has 0 aromatic heterocycles. The summed E-state index contributed by atoms with van der Waals surface area (Å²) in [6, 6.07) is 59.6. The van der Waals surface area contributed by atoms with Gasteiger partial charge in [0.05, 0.1) is 30.9 Å². The van der Waals surface area contributed by atoms with E-state index >= 15 is 0 Å². The summed E-state index contributed by atoms with van der Waals surface area (Å²) in [6.07, 6.45) is 40.5. The van der Waals surface area contributed by atoms with E-state index in [1.54, 1.807) is 6.08 Å². The first-order valence-corrected chi connectivity index (χ1v) is 41.4. The highest BCUT2D eigenvalue weighted by molar-refractivity contribution is 5.83. The number of carbonyl (C=O) groups excluding carboxylic acids is 5. The van der Waals surface area contributed by atoms with E-state index in [4.69, 9.17) is 14.2 Å². The predicted octanol–water partition coefficient (Wildman–Crippen LogP) is 22.7. The second-order valence-electron chi connectivity index (χ2n) is 30.2. The third kappa shape index (κ3) is 32.2. The zero-order valence-corrected chi connectivity index (χ0v) is 66.1. The zero-order valence-electron chi connectivity index (χ0n) is 66.1. The highest BCUT2D eigenvalue weighted by Gasteiger charge is 2.43. The smallest absolute Gasteiger partial charge is 0.323 e. The molecule has 0 saturated heterocycles. The SMILES string of the molecule is C=CCC(COC(=O)[C@@H](NC(c1ccccc1)(c1ccccc1)c1ccccc1)C(C)C)C(O)C(=O)CCCCCCCCCCCCCCCCC.CCCCCCCCCCCCCCCCCC(=O)OCC(CC=O)COC(=O)[C@@H](NC(c1ccccc1)(c1ccccc1)c1ccccc1)C(C)C. The van der Waals surface area contributed by atoms with Crippen LogP contribution < -0.4 is 10.6 Å². The molecule has 6 aromatic rings. The number of allylic oxidation sites excluding steroid dienone is 1. The van der Waals surface area contributed by atoms with Crippen molar-refractivity contribution in [1.29, 1.82) is 0 Å². The Bertz CT molecular complexity index is 3040. The lowest BCUT2D eigenvalue weighted by Crippen LogP contribution is -2.55. The summed E-state index contributed by atoms with van der Waals surface area (Å²) in [5.74, 6) is -2.45. The van der Waals surface area contributed by atoms with Crippen LogP contribution in [-0.2, 0) is 49.3 Å². The molecule has 3 N–H and O–H groups in total. The van der Waals surface area contributed by atoms with E-state index in [1.165, 1.54) is 154 Å². The molecule has 11 heteroatoms. The largest absolute Gasteiger partial charge is 0.465 e. The summed E-state index contributed by atoms with van der Waals surface area (Å²) in [5.41, 5.74) is 4.30. The number of ketones is 1. The number of aldehydes is 1. The molecule has 0 fully saturated rings. The fraction of sp³-hybridized carbons (Fsp3) is 0.547. The van der Waals surface area contributed by atoms with Crippen molar-refractivity contribution >= 4 is 30.0 Å². The molecule has 0 saturated carbocycles. The molecule has 0 aliphatic rings. The third-order valence-corrected chi connectivity index (χ3v) is 20.9. The van der Waals surface area contributed by atoms with Crippen molar-refractivity contribution in [1.82, 2.24) is 10.6 Å². The molecule has 0 aliphatic carbocycles. The number of hydrogen-bond acceptors (Lipinski definition) is 11. The van der Waals surface area contributed by atoms with Crippen molar-refractivity contribution < 1.29 is 43.3 Å². The number of aliphatic hydroxyl groups is 1. The number of nitrogens with one attached hydrogen (secondary N) is 2. The molecule has 6 rings (SSSR count). The van der Waals surface area contributed by atoms with Gasteiger partial charge in [-0.25, -0.2) is 0 Å². The van der Waals surface area contributed by atoms with Gasteiger partial charge in [0.15, 0.2) is 5.78 Å². The lowest BCUT2D eigenvalue weighted by Gasteiger charge is -2.40. The van der Waals surface area contributed by atoms with Crippen molar-refractivity contribution in [3.05, 3.63) is 228 Å². The predicted molar refractivity (Wildman–Crippen MR) is 437 cm³/mol. The molecule has 3 unspecified atom stereocenters. The van der Waals surface area contributed by atoms with Crippen molar-refractivity contribution in [2.24, 2.45) is 23.7 Å². The number of esters is 3. The summed E-state index contributed by atoms with van der Waals surface area (Å²) < 4.78 is 17.4. The van der Waals surface area contributed by atoms with Crippen molar-refractivity contribution in [2.45, 2.75) is 289 Å². The Labute approximate surface area is 641 Å². The van der Waals surface area contributed by atoms with Gasteiger partial charge in [0.1, 0.15) is 24.5 Å². The number of Topliss-reactive ketones (excluding diaryl/α,β-unsaturated/α-hetero) is 1. The molecule has 0 heterocycles. The maximum Gasteiger partial charge on any atom is 0.323 e. The highest BCUT2D eigenvalue weighted by Crippen LogP contribution is 2.40. The lowest BCUT2D eigenvalue weighted by atomic mass is 9.76. The van der Waals surface area contributed by atoms with Crippen molar-refractivity contribution in [2.75, 3.05) is 19.8 Å². The van der Waals surface area contributed by atoms with Crippen LogP contribution in [0.2, 0.25) is 0 Å².